The highest BCUT2D eigenvalue weighted by Gasteiger charge is 2.66. The number of rotatable bonds is 8. The molecule has 3 N–H and O–H groups in total. The third-order valence-electron chi connectivity index (χ3n) is 6.95. The van der Waals surface area contributed by atoms with Gasteiger partial charge in [0, 0.05) is 30.3 Å². The Morgan fingerprint density at radius 3 is 2.82 bits per heavy atom. The summed E-state index contributed by atoms with van der Waals surface area (Å²) in [6.45, 7) is 5.61. The number of methoxy groups -OCH3 is 1. The monoisotopic (exact) mass is 543 g/mol. The Kier molecular flexibility index (Phi) is 6.64. The van der Waals surface area contributed by atoms with Crippen molar-refractivity contribution in [2.45, 2.75) is 43.6 Å². The van der Waals surface area contributed by atoms with Crippen LogP contribution in [0.25, 0.3) is 0 Å². The lowest BCUT2D eigenvalue weighted by atomic mass is 9.85. The molecule has 1 saturated carbocycles. The number of oxazole rings is 1. The number of carbonyl (C=O) groups is 1. The number of thioether (sulfide) groups is 1. The average Bonchev–Trinajstić information content (AvgIpc) is 3.31. The molecule has 1 aromatic carbocycles. The van der Waals surface area contributed by atoms with E-state index in [1.54, 1.807) is 33.9 Å². The first-order chi connectivity index (χ1) is 18.1. The highest BCUT2D eigenvalue weighted by molar-refractivity contribution is 8.15. The fraction of sp³-hybridized carbons (Fsp3) is 0.385. The smallest absolute Gasteiger partial charge is 0.274 e. The molecular formula is C26H27F2N5O4S. The Bertz CT molecular complexity index is 1420. The lowest BCUT2D eigenvalue weighted by Crippen LogP contribution is -2.38. The minimum atomic E-state index is -1.12. The second-order valence-corrected chi connectivity index (χ2v) is 11.1. The van der Waals surface area contributed by atoms with E-state index < -0.39 is 29.2 Å². The van der Waals surface area contributed by atoms with Crippen LogP contribution in [0.4, 0.5) is 14.5 Å². The number of aliphatic imine (C=N–C) groups is 1. The first-order valence-corrected chi connectivity index (χ1v) is 12.7. The van der Waals surface area contributed by atoms with Crippen molar-refractivity contribution in [2.24, 2.45) is 16.6 Å². The minimum Gasteiger partial charge on any atom is -0.479 e. The van der Waals surface area contributed by atoms with Crippen LogP contribution >= 0.6 is 11.8 Å². The molecule has 3 heterocycles. The molecule has 4 atom stereocenters. The van der Waals surface area contributed by atoms with Crippen molar-refractivity contribution in [2.75, 3.05) is 19.0 Å². The summed E-state index contributed by atoms with van der Waals surface area (Å²) in [7, 11) is 1.59. The molecule has 0 bridgehead atoms. The van der Waals surface area contributed by atoms with Crippen LogP contribution in [0.3, 0.4) is 0 Å². The van der Waals surface area contributed by atoms with Crippen molar-refractivity contribution in [3.63, 3.8) is 0 Å². The molecule has 38 heavy (non-hydrogen) atoms. The molecule has 1 fully saturated rings. The number of nitrogens with one attached hydrogen (secondary N) is 1. The van der Waals surface area contributed by atoms with Crippen LogP contribution in [0.1, 0.15) is 53.9 Å². The Labute approximate surface area is 222 Å². The largest absolute Gasteiger partial charge is 0.479 e. The number of fused-ring (bicyclic) bond motifs is 1. The summed E-state index contributed by atoms with van der Waals surface area (Å²) in [4.78, 5) is 25.9. The van der Waals surface area contributed by atoms with Crippen LogP contribution in [0.2, 0.25) is 0 Å². The van der Waals surface area contributed by atoms with E-state index in [1.165, 1.54) is 36.5 Å². The first kappa shape index (κ1) is 26.1. The maximum atomic E-state index is 15.1. The molecule has 0 unspecified atom stereocenters. The van der Waals surface area contributed by atoms with E-state index in [2.05, 4.69) is 20.3 Å². The third-order valence-corrected chi connectivity index (χ3v) is 8.23. The fourth-order valence-electron chi connectivity index (χ4n) is 5.09. The molecule has 1 aliphatic heterocycles. The van der Waals surface area contributed by atoms with Crippen LogP contribution in [0, 0.1) is 24.5 Å². The first-order valence-electron chi connectivity index (χ1n) is 11.9. The van der Waals surface area contributed by atoms with Gasteiger partial charge in [-0.1, -0.05) is 11.8 Å². The van der Waals surface area contributed by atoms with Gasteiger partial charge in [0.1, 0.15) is 17.7 Å². The van der Waals surface area contributed by atoms with Crippen molar-refractivity contribution < 1.29 is 27.5 Å². The van der Waals surface area contributed by atoms with E-state index in [9.17, 15) is 9.18 Å². The van der Waals surface area contributed by atoms with E-state index in [0.717, 1.165) is 6.07 Å². The number of hydrogen-bond acceptors (Lipinski definition) is 9. The summed E-state index contributed by atoms with van der Waals surface area (Å²) >= 11 is 1.40. The summed E-state index contributed by atoms with van der Waals surface area (Å²) in [5.74, 6) is -1.99. The van der Waals surface area contributed by atoms with E-state index in [1.807, 2.05) is 0 Å². The van der Waals surface area contributed by atoms with Gasteiger partial charge >= 0.3 is 0 Å². The molecule has 3 aromatic rings. The van der Waals surface area contributed by atoms with Crippen LogP contribution in [0.5, 0.6) is 5.75 Å². The zero-order chi connectivity index (χ0) is 27.2. The summed E-state index contributed by atoms with van der Waals surface area (Å²) < 4.78 is 46.0. The number of halogens is 2. The van der Waals surface area contributed by atoms with Gasteiger partial charge in [0.15, 0.2) is 22.9 Å². The van der Waals surface area contributed by atoms with E-state index in [0.29, 0.717) is 30.2 Å². The molecule has 0 saturated heterocycles. The Morgan fingerprint density at radius 1 is 1.34 bits per heavy atom. The van der Waals surface area contributed by atoms with Gasteiger partial charge in [-0.15, -0.1) is 0 Å². The minimum absolute atomic E-state index is 0.0213. The number of ether oxygens (including phenoxy) is 2. The number of nitrogens with zero attached hydrogens (tertiary/aromatic N) is 3. The maximum absolute atomic E-state index is 15.1. The normalized spacial score (nSPS) is 24.8. The predicted molar refractivity (Wildman–Crippen MR) is 138 cm³/mol. The van der Waals surface area contributed by atoms with Gasteiger partial charge in [0.25, 0.3) is 5.91 Å². The van der Waals surface area contributed by atoms with Gasteiger partial charge in [-0.2, -0.15) is 0 Å². The number of pyridine rings is 1. The van der Waals surface area contributed by atoms with Gasteiger partial charge in [-0.25, -0.2) is 18.7 Å². The Hall–Kier alpha value is -3.51. The number of carbonyl (C=O) groups excluding carboxylic acids is 1. The second kappa shape index (κ2) is 9.66. The number of hydrogen-bond donors (Lipinski definition) is 2. The number of nitrogens with two attached hydrogens (primary N) is 1. The average molecular weight is 544 g/mol. The molecule has 2 aliphatic rings. The van der Waals surface area contributed by atoms with E-state index >= 15 is 4.39 Å². The maximum Gasteiger partial charge on any atom is 0.274 e. The number of amides is 1. The van der Waals surface area contributed by atoms with E-state index in [-0.39, 0.29) is 32.8 Å². The fourth-order valence-corrected chi connectivity index (χ4v) is 6.54. The molecule has 9 nitrogen and oxygen atoms in total. The van der Waals surface area contributed by atoms with Gasteiger partial charge in [-0.3, -0.25) is 9.79 Å². The number of anilines is 1. The summed E-state index contributed by atoms with van der Waals surface area (Å²) in [5.41, 5.74) is 5.71. The Morgan fingerprint density at radius 2 is 2.13 bits per heavy atom. The Balaban J connectivity index is 1.38. The molecule has 1 amide bonds. The van der Waals surface area contributed by atoms with Crippen molar-refractivity contribution in [1.82, 2.24) is 9.97 Å². The molecule has 1 aliphatic carbocycles. The molecule has 0 radical (unpaired) electrons. The number of aromatic nitrogens is 2. The molecule has 12 heteroatoms. The van der Waals surface area contributed by atoms with Crippen molar-refractivity contribution in [3.05, 3.63) is 71.2 Å². The third kappa shape index (κ3) is 4.62. The summed E-state index contributed by atoms with van der Waals surface area (Å²) in [6.07, 6.45) is 4.60. The molecule has 0 spiro atoms. The van der Waals surface area contributed by atoms with Gasteiger partial charge in [0.2, 0.25) is 5.89 Å². The molecule has 2 aromatic heterocycles. The molecular weight excluding hydrogens is 516 g/mol. The van der Waals surface area contributed by atoms with Gasteiger partial charge < -0.3 is 24.9 Å². The standard InChI is InChI=1S/C26H27F2N5O4S/c1-13-7-16(37-14(2)23-30-5-6-36-23)11-31-21(13)22(34)32-15-8-17(20(28)18(27)9-15)25(3)19-10-26(19,12-35-4)38-24(29)33-25/h5-9,11,14,19H,10,12H2,1-4H3,(H2,29,33)(H,32,34)/t14-,19+,25-,26-/m1/s1. The van der Waals surface area contributed by atoms with Gasteiger partial charge in [-0.05, 0) is 44.9 Å². The second-order valence-electron chi connectivity index (χ2n) is 9.69. The number of aryl methyl sites for hydroxylation is 1. The van der Waals surface area contributed by atoms with Crippen LogP contribution < -0.4 is 15.8 Å². The van der Waals surface area contributed by atoms with E-state index in [4.69, 9.17) is 19.6 Å². The lowest BCUT2D eigenvalue weighted by Gasteiger charge is -2.34. The van der Waals surface area contributed by atoms with Gasteiger partial charge in [0.05, 0.1) is 29.3 Å². The number of benzene rings is 1. The zero-order valence-corrected chi connectivity index (χ0v) is 22.1. The predicted octanol–water partition coefficient (Wildman–Crippen LogP) is 4.73. The van der Waals surface area contributed by atoms with Crippen molar-refractivity contribution in [3.8, 4) is 5.75 Å². The van der Waals surface area contributed by atoms with Crippen LogP contribution in [-0.2, 0) is 10.3 Å². The topological polar surface area (TPSA) is 125 Å². The van der Waals surface area contributed by atoms with Crippen LogP contribution in [0.15, 0.2) is 46.3 Å². The molecule has 200 valence electrons. The highest BCUT2D eigenvalue weighted by Crippen LogP contribution is 2.66. The molecule has 5 rings (SSSR count). The highest BCUT2D eigenvalue weighted by atomic mass is 32.2. The summed E-state index contributed by atoms with van der Waals surface area (Å²) in [6, 6.07) is 3.99. The lowest BCUT2D eigenvalue weighted by molar-refractivity contribution is 0.102. The zero-order valence-electron chi connectivity index (χ0n) is 21.2. The van der Waals surface area contributed by atoms with Crippen molar-refractivity contribution >= 4 is 28.5 Å². The van der Waals surface area contributed by atoms with Crippen molar-refractivity contribution in [1.29, 1.82) is 0 Å². The quantitative estimate of drug-likeness (QED) is 0.418. The SMILES string of the molecule is COC[C@]12C[C@H]1[C@@](C)(c1cc(NC(=O)c3ncc(O[C@H](C)c4ncco4)cc3C)cc(F)c1F)N=C(N)S2. The summed E-state index contributed by atoms with van der Waals surface area (Å²) in [5, 5.41) is 2.92. The number of amidine groups is 1. The van der Waals surface area contributed by atoms with Crippen LogP contribution in [-0.4, -0.2) is 39.5 Å².